The fourth-order valence-electron chi connectivity index (χ4n) is 1.76. The highest BCUT2D eigenvalue weighted by atomic mass is 28.2. The van der Waals surface area contributed by atoms with Crippen LogP contribution in [0, 0.1) is 13.8 Å². The summed E-state index contributed by atoms with van der Waals surface area (Å²) < 4.78 is 0. The summed E-state index contributed by atoms with van der Waals surface area (Å²) in [6.07, 6.45) is -0.283. The van der Waals surface area contributed by atoms with E-state index >= 15 is 0 Å². The third-order valence-electron chi connectivity index (χ3n) is 2.95. The van der Waals surface area contributed by atoms with Gasteiger partial charge in [0.15, 0.2) is 0 Å². The van der Waals surface area contributed by atoms with E-state index in [1.54, 1.807) is 0 Å². The lowest BCUT2D eigenvalue weighted by Crippen LogP contribution is -2.29. The minimum absolute atomic E-state index is 0.283. The van der Waals surface area contributed by atoms with Crippen molar-refractivity contribution in [2.24, 2.45) is 0 Å². The molecule has 0 saturated carbocycles. The number of rotatable bonds is 5. The van der Waals surface area contributed by atoms with Gasteiger partial charge in [0.1, 0.15) is 0 Å². The van der Waals surface area contributed by atoms with Crippen LogP contribution in [0.5, 0.6) is 0 Å². The molecule has 17 heavy (non-hydrogen) atoms. The van der Waals surface area contributed by atoms with Crippen molar-refractivity contribution < 1.29 is 19.8 Å². The van der Waals surface area contributed by atoms with Crippen molar-refractivity contribution >= 4 is 26.6 Å². The quantitative estimate of drug-likeness (QED) is 0.746. The van der Waals surface area contributed by atoms with Crippen molar-refractivity contribution in [2.45, 2.75) is 25.8 Å². The summed E-state index contributed by atoms with van der Waals surface area (Å²) in [5, 5.41) is 18.7. The van der Waals surface area contributed by atoms with Gasteiger partial charge < -0.3 is 10.2 Å². The maximum absolute atomic E-state index is 11.0. The lowest BCUT2D eigenvalue weighted by Gasteiger charge is -2.12. The van der Waals surface area contributed by atoms with E-state index in [1.165, 1.54) is 0 Å². The maximum Gasteiger partial charge on any atom is 0.304 e. The number of aryl methyl sites for hydroxylation is 1. The molecule has 0 aliphatic rings. The lowest BCUT2D eigenvalue weighted by molar-refractivity contribution is -0.143. The van der Waals surface area contributed by atoms with Crippen LogP contribution in [0.15, 0.2) is 18.2 Å². The average molecular weight is 252 g/mol. The third kappa shape index (κ3) is 3.71. The van der Waals surface area contributed by atoms with Crippen LogP contribution in [0.3, 0.4) is 0 Å². The monoisotopic (exact) mass is 252 g/mol. The van der Waals surface area contributed by atoms with E-state index in [9.17, 15) is 9.59 Å². The largest absolute Gasteiger partial charge is 0.481 e. The van der Waals surface area contributed by atoms with Crippen molar-refractivity contribution in [1.82, 2.24) is 0 Å². The molecule has 0 heterocycles. The van der Waals surface area contributed by atoms with Gasteiger partial charge in [0.25, 0.3) is 0 Å². The molecule has 0 spiro atoms. The van der Waals surface area contributed by atoms with Gasteiger partial charge >= 0.3 is 11.9 Å². The molecule has 0 bridgehead atoms. The second-order valence-corrected chi connectivity index (χ2v) is 6.35. The Kier molecular flexibility index (Phi) is 4.45. The predicted octanol–water partition coefficient (Wildman–Crippen LogP) is 0.445. The smallest absolute Gasteiger partial charge is 0.304 e. The van der Waals surface area contributed by atoms with Gasteiger partial charge in [0.05, 0.1) is 21.5 Å². The van der Waals surface area contributed by atoms with E-state index in [4.69, 9.17) is 10.2 Å². The first-order valence-electron chi connectivity index (χ1n) is 5.41. The second-order valence-electron chi connectivity index (χ2n) is 4.20. The van der Waals surface area contributed by atoms with E-state index < -0.39 is 27.0 Å². The normalized spacial score (nSPS) is 12.8. The molecular weight excluding hydrogens is 236 g/mol. The summed E-state index contributed by atoms with van der Waals surface area (Å²) in [5.74, 6) is -2.05. The molecule has 0 aliphatic carbocycles. The summed E-state index contributed by atoms with van der Waals surface area (Å²) in [6.45, 7) is 3.93. The van der Waals surface area contributed by atoms with Gasteiger partial charge in [-0.15, -0.1) is 0 Å². The van der Waals surface area contributed by atoms with E-state index in [0.717, 1.165) is 16.3 Å². The minimum atomic E-state index is -1.12. The van der Waals surface area contributed by atoms with Crippen LogP contribution in [-0.2, 0) is 9.59 Å². The summed E-state index contributed by atoms with van der Waals surface area (Å²) in [4.78, 5) is 21.6. The number of aliphatic carboxylic acids is 2. The van der Waals surface area contributed by atoms with E-state index in [1.807, 2.05) is 32.0 Å². The van der Waals surface area contributed by atoms with E-state index in [0.29, 0.717) is 0 Å². The molecule has 0 aromatic heterocycles. The molecule has 0 fully saturated rings. The molecule has 5 heteroatoms. The standard InChI is InChI=1S/C12H16O4Si/c1-7-4-3-5-9(8(7)2)17-10(12(15)16)6-11(13)14/h3-5,10H,6,17H2,1-2H3,(H,13,14)(H,15,16). The molecule has 1 unspecified atom stereocenters. The number of benzene rings is 1. The highest BCUT2D eigenvalue weighted by Gasteiger charge is 2.22. The summed E-state index contributed by atoms with van der Waals surface area (Å²) in [5.41, 5.74) is 1.48. The molecule has 1 aromatic rings. The summed E-state index contributed by atoms with van der Waals surface area (Å²) in [6, 6.07) is 5.77. The molecule has 0 saturated heterocycles. The van der Waals surface area contributed by atoms with Crippen molar-refractivity contribution in [3.8, 4) is 0 Å². The van der Waals surface area contributed by atoms with Crippen molar-refractivity contribution in [3.05, 3.63) is 29.3 Å². The van der Waals surface area contributed by atoms with Gasteiger partial charge in [-0.3, -0.25) is 9.59 Å². The highest BCUT2D eigenvalue weighted by Crippen LogP contribution is 2.11. The Morgan fingerprint density at radius 1 is 1.29 bits per heavy atom. The van der Waals surface area contributed by atoms with Gasteiger partial charge in [-0.25, -0.2) is 0 Å². The third-order valence-corrected chi connectivity index (χ3v) is 5.29. The number of hydrogen-bond donors (Lipinski definition) is 2. The Morgan fingerprint density at radius 2 is 1.94 bits per heavy atom. The van der Waals surface area contributed by atoms with E-state index in [2.05, 4.69) is 0 Å². The first-order chi connectivity index (χ1) is 7.91. The Hall–Kier alpha value is -1.62. The Balaban J connectivity index is 2.90. The van der Waals surface area contributed by atoms with Crippen LogP contribution in [-0.4, -0.2) is 31.7 Å². The van der Waals surface area contributed by atoms with Crippen LogP contribution < -0.4 is 5.19 Å². The van der Waals surface area contributed by atoms with Crippen LogP contribution in [0.4, 0.5) is 0 Å². The van der Waals surface area contributed by atoms with Gasteiger partial charge in [-0.05, 0) is 25.0 Å². The van der Waals surface area contributed by atoms with Crippen molar-refractivity contribution in [1.29, 1.82) is 0 Å². The highest BCUT2D eigenvalue weighted by molar-refractivity contribution is 6.59. The minimum Gasteiger partial charge on any atom is -0.481 e. The molecule has 2 N–H and O–H groups in total. The first kappa shape index (κ1) is 13.4. The number of carbonyl (C=O) groups is 2. The zero-order valence-corrected chi connectivity index (χ0v) is 11.3. The predicted molar refractivity (Wildman–Crippen MR) is 67.7 cm³/mol. The van der Waals surface area contributed by atoms with Crippen LogP contribution in [0.1, 0.15) is 17.5 Å². The number of hydrogen-bond acceptors (Lipinski definition) is 2. The Labute approximate surface area is 102 Å². The molecule has 1 rings (SSSR count). The van der Waals surface area contributed by atoms with Gasteiger partial charge in [0.2, 0.25) is 0 Å². The van der Waals surface area contributed by atoms with Gasteiger partial charge in [-0.2, -0.15) is 0 Å². The zero-order valence-electron chi connectivity index (χ0n) is 9.93. The molecule has 0 amide bonds. The Bertz CT molecular complexity index is 442. The topological polar surface area (TPSA) is 74.6 Å². The molecule has 1 aromatic carbocycles. The van der Waals surface area contributed by atoms with Crippen LogP contribution in [0.2, 0.25) is 5.54 Å². The number of carboxylic acids is 2. The molecular formula is C12H16O4Si. The molecule has 0 radical (unpaired) electrons. The molecule has 0 aliphatic heterocycles. The van der Waals surface area contributed by atoms with Crippen LogP contribution in [0.25, 0.3) is 0 Å². The van der Waals surface area contributed by atoms with Gasteiger partial charge in [-0.1, -0.05) is 23.4 Å². The van der Waals surface area contributed by atoms with E-state index in [-0.39, 0.29) is 6.42 Å². The van der Waals surface area contributed by atoms with Crippen molar-refractivity contribution in [2.75, 3.05) is 0 Å². The fraction of sp³-hybridized carbons (Fsp3) is 0.333. The first-order valence-corrected chi connectivity index (χ1v) is 6.94. The van der Waals surface area contributed by atoms with Crippen LogP contribution >= 0.6 is 0 Å². The average Bonchev–Trinajstić information content (AvgIpc) is 2.22. The molecule has 1 atom stereocenters. The Morgan fingerprint density at radius 3 is 2.47 bits per heavy atom. The van der Waals surface area contributed by atoms with Crippen molar-refractivity contribution in [3.63, 3.8) is 0 Å². The SMILES string of the molecule is Cc1cccc([SiH2]C(CC(=O)O)C(=O)O)c1C. The fourth-order valence-corrected chi connectivity index (χ4v) is 3.71. The molecule has 4 nitrogen and oxygen atoms in total. The zero-order chi connectivity index (χ0) is 13.0. The summed E-state index contributed by atoms with van der Waals surface area (Å²) >= 11 is 0. The summed E-state index contributed by atoms with van der Waals surface area (Å²) in [7, 11) is -1.12. The maximum atomic E-state index is 11.0. The number of carboxylic acid groups (broad SMARTS) is 2. The lowest BCUT2D eigenvalue weighted by atomic mass is 10.1. The van der Waals surface area contributed by atoms with Gasteiger partial charge in [0, 0.05) is 0 Å². The molecule has 92 valence electrons. The second kappa shape index (κ2) is 5.63.